The van der Waals surface area contributed by atoms with Gasteiger partial charge in [-0.3, -0.25) is 4.79 Å². The van der Waals surface area contributed by atoms with E-state index in [-0.39, 0.29) is 31.1 Å². The molecule has 0 radical (unpaired) electrons. The lowest BCUT2D eigenvalue weighted by atomic mass is 10.1. The molecule has 2 aliphatic heterocycles. The molecule has 9 nitrogen and oxygen atoms in total. The molecule has 4 atom stereocenters. The van der Waals surface area contributed by atoms with Crippen LogP contribution in [-0.4, -0.2) is 62.0 Å². The summed E-state index contributed by atoms with van der Waals surface area (Å²) in [4.78, 5) is 35.1. The number of alkyl carbamates (subject to hydrolysis) is 1. The second-order valence-electron chi connectivity index (χ2n) is 6.41. The molecule has 0 aromatic heterocycles. The summed E-state index contributed by atoms with van der Waals surface area (Å²) >= 11 is 0. The van der Waals surface area contributed by atoms with Crippen molar-refractivity contribution >= 4 is 23.6 Å². The third kappa shape index (κ3) is 4.55. The Hall–Kier alpha value is -2.65. The normalized spacial score (nSPS) is 26.1. The highest BCUT2D eigenvalue weighted by atomic mass is 16.6. The van der Waals surface area contributed by atoms with Crippen LogP contribution in [0.2, 0.25) is 0 Å². The molecule has 3 amide bonds. The maximum absolute atomic E-state index is 12.2. The molecule has 0 unspecified atom stereocenters. The number of hydrogen-bond acceptors (Lipinski definition) is 6. The third-order valence-electron chi connectivity index (χ3n) is 4.45. The molecule has 2 fully saturated rings. The minimum absolute atomic E-state index is 0.0390. The minimum Gasteiger partial charge on any atom is -0.441 e. The van der Waals surface area contributed by atoms with E-state index >= 15 is 0 Å². The molecule has 27 heavy (non-hydrogen) atoms. The van der Waals surface area contributed by atoms with E-state index in [9.17, 15) is 14.4 Å². The van der Waals surface area contributed by atoms with Crippen molar-refractivity contribution in [2.75, 3.05) is 25.1 Å². The van der Waals surface area contributed by atoms with Crippen molar-refractivity contribution in [2.45, 2.75) is 38.2 Å². The number of Topliss-reactive ketones (excluding diaryl/α,β-unsaturated/α-hetero) is 1. The highest BCUT2D eigenvalue weighted by molar-refractivity contribution is 5.95. The predicted molar refractivity (Wildman–Crippen MR) is 95.8 cm³/mol. The van der Waals surface area contributed by atoms with Gasteiger partial charge < -0.3 is 30.2 Å². The first-order valence-electron chi connectivity index (χ1n) is 8.84. The summed E-state index contributed by atoms with van der Waals surface area (Å²) in [6.45, 7) is 4.24. The molecular weight excluding hydrogens is 354 g/mol. The first-order chi connectivity index (χ1) is 13.0. The average Bonchev–Trinajstić information content (AvgIpc) is 3.19. The molecule has 2 aliphatic rings. The van der Waals surface area contributed by atoms with Gasteiger partial charge >= 0.3 is 12.1 Å². The number of benzene rings is 1. The summed E-state index contributed by atoms with van der Waals surface area (Å²) in [5.41, 5.74) is 1.14. The van der Waals surface area contributed by atoms with Gasteiger partial charge in [-0.25, -0.2) is 9.59 Å². The van der Waals surface area contributed by atoms with Crippen molar-refractivity contribution < 1.29 is 28.6 Å². The SMILES string of the molecule is CCNC(=O)O[C@@H]1CO[C@H]2[C@@H]1OC[C@@H]2NC(=O)Nc1ccc(C(C)=O)cc1. The predicted octanol–water partition coefficient (Wildman–Crippen LogP) is 1.29. The lowest BCUT2D eigenvalue weighted by molar-refractivity contribution is 0.00419. The van der Waals surface area contributed by atoms with Crippen LogP contribution in [0.1, 0.15) is 24.2 Å². The van der Waals surface area contributed by atoms with E-state index in [2.05, 4.69) is 16.0 Å². The van der Waals surface area contributed by atoms with Crippen molar-refractivity contribution in [3.05, 3.63) is 29.8 Å². The smallest absolute Gasteiger partial charge is 0.407 e. The highest BCUT2D eigenvalue weighted by Gasteiger charge is 2.50. The van der Waals surface area contributed by atoms with Gasteiger partial charge in [-0.15, -0.1) is 0 Å². The number of rotatable bonds is 5. The van der Waals surface area contributed by atoms with Gasteiger partial charge in [-0.1, -0.05) is 0 Å². The van der Waals surface area contributed by atoms with E-state index < -0.39 is 24.3 Å². The Morgan fingerprint density at radius 1 is 1.11 bits per heavy atom. The largest absolute Gasteiger partial charge is 0.441 e. The van der Waals surface area contributed by atoms with E-state index in [0.717, 1.165) is 0 Å². The molecule has 2 heterocycles. The van der Waals surface area contributed by atoms with E-state index in [1.54, 1.807) is 31.2 Å². The van der Waals surface area contributed by atoms with Crippen LogP contribution in [0.25, 0.3) is 0 Å². The van der Waals surface area contributed by atoms with Crippen molar-refractivity contribution in [1.82, 2.24) is 10.6 Å². The van der Waals surface area contributed by atoms with E-state index in [1.807, 2.05) is 0 Å². The molecule has 9 heteroatoms. The fourth-order valence-electron chi connectivity index (χ4n) is 3.14. The fraction of sp³-hybridized carbons (Fsp3) is 0.500. The van der Waals surface area contributed by atoms with Crippen LogP contribution in [0, 0.1) is 0 Å². The zero-order chi connectivity index (χ0) is 19.4. The van der Waals surface area contributed by atoms with Crippen molar-refractivity contribution in [2.24, 2.45) is 0 Å². The Morgan fingerprint density at radius 2 is 1.81 bits per heavy atom. The van der Waals surface area contributed by atoms with Gasteiger partial charge in [0, 0.05) is 17.8 Å². The van der Waals surface area contributed by atoms with Crippen molar-refractivity contribution in [3.8, 4) is 0 Å². The second-order valence-corrected chi connectivity index (χ2v) is 6.41. The number of ether oxygens (including phenoxy) is 3. The van der Waals surface area contributed by atoms with Gasteiger partial charge in [-0.2, -0.15) is 0 Å². The second kappa shape index (κ2) is 8.36. The summed E-state index contributed by atoms with van der Waals surface area (Å²) in [6, 6.07) is 5.86. The monoisotopic (exact) mass is 377 g/mol. The number of carbonyl (C=O) groups excluding carboxylic acids is 3. The molecule has 0 spiro atoms. The number of hydrogen-bond donors (Lipinski definition) is 3. The summed E-state index contributed by atoms with van der Waals surface area (Å²) in [5.74, 6) is -0.0390. The molecule has 1 aromatic rings. The van der Waals surface area contributed by atoms with Crippen LogP contribution in [0.3, 0.4) is 0 Å². The van der Waals surface area contributed by atoms with Crippen LogP contribution < -0.4 is 16.0 Å². The average molecular weight is 377 g/mol. The van der Waals surface area contributed by atoms with Crippen molar-refractivity contribution in [1.29, 1.82) is 0 Å². The quantitative estimate of drug-likeness (QED) is 0.666. The maximum atomic E-state index is 12.2. The Kier molecular flexibility index (Phi) is 5.92. The zero-order valence-corrected chi connectivity index (χ0v) is 15.2. The van der Waals surface area contributed by atoms with E-state index in [4.69, 9.17) is 14.2 Å². The lowest BCUT2D eigenvalue weighted by Crippen LogP contribution is -2.46. The number of nitrogens with one attached hydrogen (secondary N) is 3. The maximum Gasteiger partial charge on any atom is 0.407 e. The highest BCUT2D eigenvalue weighted by Crippen LogP contribution is 2.29. The number of fused-ring (bicyclic) bond motifs is 1. The van der Waals surface area contributed by atoms with E-state index in [1.165, 1.54) is 6.92 Å². The first kappa shape index (κ1) is 19.1. The van der Waals surface area contributed by atoms with Crippen LogP contribution in [0.5, 0.6) is 0 Å². The van der Waals surface area contributed by atoms with Crippen LogP contribution in [-0.2, 0) is 14.2 Å². The van der Waals surface area contributed by atoms with Crippen LogP contribution in [0.4, 0.5) is 15.3 Å². The Bertz CT molecular complexity index is 708. The molecule has 3 rings (SSSR count). The Morgan fingerprint density at radius 3 is 2.48 bits per heavy atom. The van der Waals surface area contributed by atoms with Crippen LogP contribution >= 0.6 is 0 Å². The number of anilines is 1. The third-order valence-corrected chi connectivity index (χ3v) is 4.45. The molecular formula is C18H23N3O6. The summed E-state index contributed by atoms with van der Waals surface area (Å²) in [7, 11) is 0. The number of ketones is 1. The van der Waals surface area contributed by atoms with Gasteiger partial charge in [0.2, 0.25) is 0 Å². The fourth-order valence-corrected chi connectivity index (χ4v) is 3.14. The zero-order valence-electron chi connectivity index (χ0n) is 15.2. The Labute approximate surface area is 156 Å². The molecule has 1 aromatic carbocycles. The van der Waals surface area contributed by atoms with Gasteiger partial charge in [0.15, 0.2) is 11.9 Å². The van der Waals surface area contributed by atoms with Gasteiger partial charge in [0.25, 0.3) is 0 Å². The molecule has 0 saturated carbocycles. The summed E-state index contributed by atoms with van der Waals surface area (Å²) in [6.07, 6.45) is -1.81. The number of amides is 3. The van der Waals surface area contributed by atoms with Gasteiger partial charge in [0.05, 0.1) is 19.3 Å². The number of urea groups is 1. The topological polar surface area (TPSA) is 115 Å². The molecule has 0 aliphatic carbocycles. The molecule has 0 bridgehead atoms. The first-order valence-corrected chi connectivity index (χ1v) is 8.84. The van der Waals surface area contributed by atoms with Crippen LogP contribution in [0.15, 0.2) is 24.3 Å². The van der Waals surface area contributed by atoms with Crippen molar-refractivity contribution in [3.63, 3.8) is 0 Å². The number of carbonyl (C=O) groups is 3. The molecule has 146 valence electrons. The van der Waals surface area contributed by atoms with Gasteiger partial charge in [-0.05, 0) is 38.1 Å². The van der Waals surface area contributed by atoms with E-state index in [0.29, 0.717) is 17.8 Å². The molecule has 3 N–H and O–H groups in total. The summed E-state index contributed by atoms with van der Waals surface area (Å²) in [5, 5.41) is 8.08. The van der Waals surface area contributed by atoms with Gasteiger partial charge in [0.1, 0.15) is 12.2 Å². The molecule has 2 saturated heterocycles. The standard InChI is InChI=1S/C18H23N3O6/c1-3-19-18(24)27-14-9-26-15-13(8-25-16(14)15)21-17(23)20-12-6-4-11(5-7-12)10(2)22/h4-7,13-16H,3,8-9H2,1-2H3,(H,19,24)(H2,20,21,23)/t13-,14+,15+,16+/m0/s1. The Balaban J connectivity index is 1.51. The lowest BCUT2D eigenvalue weighted by Gasteiger charge is -2.18. The summed E-state index contributed by atoms with van der Waals surface area (Å²) < 4.78 is 16.6. The minimum atomic E-state index is -0.515.